The zero-order valence-corrected chi connectivity index (χ0v) is 12.3. The lowest BCUT2D eigenvalue weighted by Crippen LogP contribution is -2.33. The van der Waals surface area contributed by atoms with Crippen molar-refractivity contribution in [3.8, 4) is 0 Å². The minimum atomic E-state index is 0. The van der Waals surface area contributed by atoms with Crippen LogP contribution in [0.2, 0.25) is 0 Å². The van der Waals surface area contributed by atoms with Gasteiger partial charge < -0.3 is 10.6 Å². The highest BCUT2D eigenvalue weighted by molar-refractivity contribution is 5.85. The topological polar surface area (TPSA) is 41.1 Å². The van der Waals surface area contributed by atoms with E-state index in [4.69, 9.17) is 0 Å². The lowest BCUT2D eigenvalue weighted by Gasteiger charge is -2.15. The molecule has 18 heavy (non-hydrogen) atoms. The van der Waals surface area contributed by atoms with Gasteiger partial charge in [-0.1, -0.05) is 38.1 Å². The molecule has 1 aromatic carbocycles. The molecule has 1 aromatic rings. The third-order valence-corrected chi connectivity index (χ3v) is 2.82. The van der Waals surface area contributed by atoms with Gasteiger partial charge in [-0.15, -0.1) is 12.4 Å². The zero-order valence-electron chi connectivity index (χ0n) is 11.5. The normalized spacial score (nSPS) is 11.8. The first-order chi connectivity index (χ1) is 8.04. The van der Waals surface area contributed by atoms with Crippen LogP contribution in [0.25, 0.3) is 0 Å². The number of hydrogen-bond donors (Lipinski definition) is 2. The van der Waals surface area contributed by atoms with Crippen LogP contribution in [0.4, 0.5) is 0 Å². The summed E-state index contributed by atoms with van der Waals surface area (Å²) in [6.07, 6.45) is 0. The summed E-state index contributed by atoms with van der Waals surface area (Å²) in [6.45, 7) is 6.70. The van der Waals surface area contributed by atoms with Crippen LogP contribution in [-0.2, 0) is 4.79 Å². The van der Waals surface area contributed by atoms with Gasteiger partial charge >= 0.3 is 0 Å². The Morgan fingerprint density at radius 1 is 1.11 bits per heavy atom. The minimum absolute atomic E-state index is 0. The van der Waals surface area contributed by atoms with Crippen LogP contribution >= 0.6 is 12.4 Å². The van der Waals surface area contributed by atoms with Crippen LogP contribution in [0.15, 0.2) is 24.3 Å². The Bertz CT molecular complexity index is 363. The van der Waals surface area contributed by atoms with E-state index >= 15 is 0 Å². The van der Waals surface area contributed by atoms with E-state index in [9.17, 15) is 4.79 Å². The number of benzene rings is 1. The van der Waals surface area contributed by atoms with Crippen molar-refractivity contribution in [3.05, 3.63) is 35.4 Å². The molecule has 0 fully saturated rings. The molecule has 4 heteroatoms. The molecule has 0 aromatic heterocycles. The number of halogens is 1. The summed E-state index contributed by atoms with van der Waals surface area (Å²) in [5.74, 6) is 0.561. The SMILES string of the molecule is CNCC(=O)NC(C)c1ccc(C(C)C)cc1.Cl. The van der Waals surface area contributed by atoms with Crippen molar-refractivity contribution in [2.75, 3.05) is 13.6 Å². The van der Waals surface area contributed by atoms with Gasteiger partial charge in [0, 0.05) is 0 Å². The van der Waals surface area contributed by atoms with Crippen molar-refractivity contribution in [1.29, 1.82) is 0 Å². The summed E-state index contributed by atoms with van der Waals surface area (Å²) in [5, 5.41) is 5.78. The van der Waals surface area contributed by atoms with E-state index in [2.05, 4.69) is 48.7 Å². The van der Waals surface area contributed by atoms with Crippen molar-refractivity contribution in [1.82, 2.24) is 10.6 Å². The van der Waals surface area contributed by atoms with Gasteiger partial charge in [0.05, 0.1) is 12.6 Å². The van der Waals surface area contributed by atoms with Gasteiger partial charge in [0.1, 0.15) is 0 Å². The first kappa shape index (κ1) is 16.9. The van der Waals surface area contributed by atoms with E-state index in [1.54, 1.807) is 7.05 Å². The Kier molecular flexibility index (Phi) is 7.64. The number of rotatable bonds is 5. The Labute approximate surface area is 116 Å². The quantitative estimate of drug-likeness (QED) is 0.864. The summed E-state index contributed by atoms with van der Waals surface area (Å²) in [4.78, 5) is 11.4. The van der Waals surface area contributed by atoms with Crippen molar-refractivity contribution in [3.63, 3.8) is 0 Å². The Balaban J connectivity index is 0.00000289. The summed E-state index contributed by atoms with van der Waals surface area (Å²) >= 11 is 0. The molecule has 1 amide bonds. The second-order valence-corrected chi connectivity index (χ2v) is 4.64. The molecule has 0 aliphatic carbocycles. The Morgan fingerprint density at radius 2 is 1.61 bits per heavy atom. The monoisotopic (exact) mass is 270 g/mol. The highest BCUT2D eigenvalue weighted by atomic mass is 35.5. The maximum absolute atomic E-state index is 11.4. The molecule has 102 valence electrons. The van der Waals surface area contributed by atoms with Crippen LogP contribution in [0, 0.1) is 0 Å². The number of nitrogens with one attached hydrogen (secondary N) is 2. The van der Waals surface area contributed by atoms with E-state index in [0.29, 0.717) is 12.5 Å². The van der Waals surface area contributed by atoms with Crippen LogP contribution in [0.5, 0.6) is 0 Å². The van der Waals surface area contributed by atoms with Crippen molar-refractivity contribution in [2.24, 2.45) is 0 Å². The molecule has 0 spiro atoms. The van der Waals surface area contributed by atoms with Gasteiger partial charge in [0.15, 0.2) is 0 Å². The molecule has 1 rings (SSSR count). The largest absolute Gasteiger partial charge is 0.348 e. The fourth-order valence-corrected chi connectivity index (χ4v) is 1.71. The van der Waals surface area contributed by atoms with Gasteiger partial charge in [0.2, 0.25) is 5.91 Å². The number of carbonyl (C=O) groups excluding carboxylic acids is 1. The standard InChI is InChI=1S/C14H22N2O.ClH/c1-10(2)12-5-7-13(8-6-12)11(3)16-14(17)9-15-4;/h5-8,10-11,15H,9H2,1-4H3,(H,16,17);1H. The lowest BCUT2D eigenvalue weighted by atomic mass is 9.99. The van der Waals surface area contributed by atoms with E-state index in [1.807, 2.05) is 6.92 Å². The highest BCUT2D eigenvalue weighted by Crippen LogP contribution is 2.18. The Morgan fingerprint density at radius 3 is 2.06 bits per heavy atom. The van der Waals surface area contributed by atoms with Crippen LogP contribution in [0.3, 0.4) is 0 Å². The van der Waals surface area contributed by atoms with Crippen LogP contribution in [-0.4, -0.2) is 19.5 Å². The first-order valence-electron chi connectivity index (χ1n) is 6.08. The molecule has 0 aliphatic rings. The molecule has 1 atom stereocenters. The number of hydrogen-bond acceptors (Lipinski definition) is 2. The molecule has 1 unspecified atom stereocenters. The fraction of sp³-hybridized carbons (Fsp3) is 0.500. The molecule has 0 bridgehead atoms. The summed E-state index contributed by atoms with van der Waals surface area (Å²) in [6, 6.07) is 8.47. The first-order valence-corrected chi connectivity index (χ1v) is 6.08. The van der Waals surface area contributed by atoms with E-state index in [1.165, 1.54) is 5.56 Å². The molecule has 0 saturated heterocycles. The third kappa shape index (κ3) is 5.07. The number of amides is 1. The molecular formula is C14H23ClN2O. The minimum Gasteiger partial charge on any atom is -0.348 e. The van der Waals surface area contributed by atoms with Crippen LogP contribution in [0.1, 0.15) is 43.9 Å². The average Bonchev–Trinajstić information content (AvgIpc) is 2.29. The molecule has 0 radical (unpaired) electrons. The smallest absolute Gasteiger partial charge is 0.234 e. The average molecular weight is 271 g/mol. The molecular weight excluding hydrogens is 248 g/mol. The molecule has 2 N–H and O–H groups in total. The lowest BCUT2D eigenvalue weighted by molar-refractivity contribution is -0.120. The van der Waals surface area contributed by atoms with Crippen LogP contribution < -0.4 is 10.6 Å². The number of likely N-dealkylation sites (N-methyl/N-ethyl adjacent to an activating group) is 1. The van der Waals surface area contributed by atoms with E-state index in [-0.39, 0.29) is 24.4 Å². The maximum Gasteiger partial charge on any atom is 0.234 e. The van der Waals surface area contributed by atoms with E-state index in [0.717, 1.165) is 5.56 Å². The zero-order chi connectivity index (χ0) is 12.8. The summed E-state index contributed by atoms with van der Waals surface area (Å²) < 4.78 is 0. The van der Waals surface area contributed by atoms with Crippen molar-refractivity contribution < 1.29 is 4.79 Å². The predicted molar refractivity (Wildman–Crippen MR) is 78.3 cm³/mol. The number of carbonyl (C=O) groups is 1. The third-order valence-electron chi connectivity index (χ3n) is 2.82. The summed E-state index contributed by atoms with van der Waals surface area (Å²) in [5.41, 5.74) is 2.46. The van der Waals surface area contributed by atoms with Gasteiger partial charge in [-0.25, -0.2) is 0 Å². The van der Waals surface area contributed by atoms with Gasteiger partial charge in [-0.3, -0.25) is 4.79 Å². The maximum atomic E-state index is 11.4. The van der Waals surface area contributed by atoms with Gasteiger partial charge in [0.25, 0.3) is 0 Å². The van der Waals surface area contributed by atoms with Crippen molar-refractivity contribution >= 4 is 18.3 Å². The second kappa shape index (κ2) is 8.11. The van der Waals surface area contributed by atoms with Crippen molar-refractivity contribution in [2.45, 2.75) is 32.7 Å². The second-order valence-electron chi connectivity index (χ2n) is 4.64. The van der Waals surface area contributed by atoms with Gasteiger partial charge in [-0.2, -0.15) is 0 Å². The van der Waals surface area contributed by atoms with Gasteiger partial charge in [-0.05, 0) is 31.0 Å². The summed E-state index contributed by atoms with van der Waals surface area (Å²) in [7, 11) is 1.77. The molecule has 0 saturated carbocycles. The molecule has 3 nitrogen and oxygen atoms in total. The predicted octanol–water partition coefficient (Wildman–Crippen LogP) is 2.63. The van der Waals surface area contributed by atoms with E-state index < -0.39 is 0 Å². The molecule has 0 aliphatic heterocycles. The Hall–Kier alpha value is -1.06. The highest BCUT2D eigenvalue weighted by Gasteiger charge is 2.08. The molecule has 0 heterocycles. The fourth-order valence-electron chi connectivity index (χ4n) is 1.71.